The van der Waals surface area contributed by atoms with Gasteiger partial charge in [-0.1, -0.05) is 31.2 Å². The highest BCUT2D eigenvalue weighted by Gasteiger charge is 2.29. The van der Waals surface area contributed by atoms with Gasteiger partial charge in [0.2, 0.25) is 11.7 Å². The first-order valence-corrected chi connectivity index (χ1v) is 12.0. The van der Waals surface area contributed by atoms with Crippen molar-refractivity contribution in [3.63, 3.8) is 0 Å². The van der Waals surface area contributed by atoms with E-state index in [2.05, 4.69) is 6.92 Å². The molecule has 0 spiro atoms. The van der Waals surface area contributed by atoms with Gasteiger partial charge in [-0.05, 0) is 49.4 Å². The van der Waals surface area contributed by atoms with Gasteiger partial charge in [0, 0.05) is 37.7 Å². The van der Waals surface area contributed by atoms with Gasteiger partial charge in [-0.25, -0.2) is 0 Å². The number of ether oxygens (including phenoxy) is 3. The van der Waals surface area contributed by atoms with Crippen molar-refractivity contribution in [2.45, 2.75) is 45.1 Å². The first-order chi connectivity index (χ1) is 16.5. The Morgan fingerprint density at radius 3 is 2.21 bits per heavy atom. The third-order valence-corrected chi connectivity index (χ3v) is 6.39. The molecule has 0 radical (unpaired) electrons. The van der Waals surface area contributed by atoms with Crippen LogP contribution in [0.2, 0.25) is 0 Å². The van der Waals surface area contributed by atoms with E-state index in [1.807, 2.05) is 52.3 Å². The number of nitrogens with zero attached hydrogens (tertiary/aromatic N) is 2. The molecule has 34 heavy (non-hydrogen) atoms. The molecule has 1 saturated heterocycles. The Balaban J connectivity index is 1.63. The van der Waals surface area contributed by atoms with Gasteiger partial charge in [0.1, 0.15) is 0 Å². The SMILES string of the molecule is CCCN(C(=O)CCc1ccc(OC)c(OC)c1OC)C1CCN(C(=O)c2ccccc2)CC1. The molecule has 2 aromatic rings. The van der Waals surface area contributed by atoms with Crippen molar-refractivity contribution in [1.82, 2.24) is 9.80 Å². The van der Waals surface area contributed by atoms with Crippen molar-refractivity contribution in [2.75, 3.05) is 41.0 Å². The Bertz CT molecular complexity index is 955. The van der Waals surface area contributed by atoms with Crippen LogP contribution in [-0.2, 0) is 11.2 Å². The molecule has 0 aromatic heterocycles. The zero-order chi connectivity index (χ0) is 24.5. The largest absolute Gasteiger partial charge is 0.493 e. The second kappa shape index (κ2) is 12.3. The maximum atomic E-state index is 13.3. The normalized spacial score (nSPS) is 13.9. The van der Waals surface area contributed by atoms with Crippen LogP contribution < -0.4 is 14.2 Å². The molecule has 0 aliphatic carbocycles. The van der Waals surface area contributed by atoms with Crippen molar-refractivity contribution in [3.8, 4) is 17.2 Å². The van der Waals surface area contributed by atoms with Gasteiger partial charge in [0.15, 0.2) is 11.5 Å². The standard InChI is InChI=1S/C27H36N2O5/c1-5-17-29(22-15-18-28(19-16-22)27(31)21-9-7-6-8-10-21)24(30)14-12-20-11-13-23(32-2)26(34-4)25(20)33-3/h6-11,13,22H,5,12,14-19H2,1-4H3. The van der Waals surface area contributed by atoms with Gasteiger partial charge in [-0.3, -0.25) is 9.59 Å². The maximum Gasteiger partial charge on any atom is 0.253 e. The van der Waals surface area contributed by atoms with Crippen molar-refractivity contribution in [2.24, 2.45) is 0 Å². The van der Waals surface area contributed by atoms with Crippen LogP contribution in [0.25, 0.3) is 0 Å². The summed E-state index contributed by atoms with van der Waals surface area (Å²) in [4.78, 5) is 29.9. The van der Waals surface area contributed by atoms with Gasteiger partial charge in [-0.2, -0.15) is 0 Å². The fourth-order valence-electron chi connectivity index (χ4n) is 4.64. The molecule has 1 fully saturated rings. The van der Waals surface area contributed by atoms with Gasteiger partial charge in [0.25, 0.3) is 5.91 Å². The molecule has 184 valence electrons. The summed E-state index contributed by atoms with van der Waals surface area (Å²) in [5, 5.41) is 0. The van der Waals surface area contributed by atoms with Gasteiger partial charge >= 0.3 is 0 Å². The van der Waals surface area contributed by atoms with Crippen LogP contribution in [0.15, 0.2) is 42.5 Å². The molecule has 7 nitrogen and oxygen atoms in total. The van der Waals surface area contributed by atoms with Gasteiger partial charge in [0.05, 0.1) is 21.3 Å². The Kier molecular flexibility index (Phi) is 9.19. The third-order valence-electron chi connectivity index (χ3n) is 6.39. The van der Waals surface area contributed by atoms with Crippen molar-refractivity contribution in [3.05, 3.63) is 53.6 Å². The van der Waals surface area contributed by atoms with Crippen LogP contribution in [0, 0.1) is 0 Å². The van der Waals surface area contributed by atoms with Crippen molar-refractivity contribution >= 4 is 11.8 Å². The summed E-state index contributed by atoms with van der Waals surface area (Å²) in [7, 11) is 4.76. The van der Waals surface area contributed by atoms with Crippen LogP contribution in [0.3, 0.4) is 0 Å². The van der Waals surface area contributed by atoms with Crippen LogP contribution in [0.4, 0.5) is 0 Å². The summed E-state index contributed by atoms with van der Waals surface area (Å²) in [6.45, 7) is 4.13. The van der Waals surface area contributed by atoms with E-state index in [9.17, 15) is 9.59 Å². The predicted molar refractivity (Wildman–Crippen MR) is 132 cm³/mol. The zero-order valence-electron chi connectivity index (χ0n) is 20.7. The van der Waals surface area contributed by atoms with E-state index in [1.54, 1.807) is 21.3 Å². The molecule has 2 amide bonds. The van der Waals surface area contributed by atoms with E-state index < -0.39 is 0 Å². The first kappa shape index (κ1) is 25.4. The second-order valence-corrected chi connectivity index (χ2v) is 8.47. The number of benzene rings is 2. The minimum atomic E-state index is 0.0629. The number of carbonyl (C=O) groups is 2. The summed E-state index contributed by atoms with van der Waals surface area (Å²) in [6, 6.07) is 13.3. The average Bonchev–Trinajstić information content (AvgIpc) is 2.89. The molecular formula is C27H36N2O5. The Morgan fingerprint density at radius 2 is 1.62 bits per heavy atom. The molecule has 1 aliphatic rings. The van der Waals surface area contributed by atoms with E-state index in [0.717, 1.165) is 31.4 Å². The maximum absolute atomic E-state index is 13.3. The molecule has 3 rings (SSSR count). The molecule has 0 atom stereocenters. The molecule has 0 saturated carbocycles. The lowest BCUT2D eigenvalue weighted by Gasteiger charge is -2.38. The molecular weight excluding hydrogens is 432 g/mol. The van der Waals surface area contributed by atoms with E-state index in [1.165, 1.54) is 0 Å². The van der Waals surface area contributed by atoms with Crippen LogP contribution in [0.1, 0.15) is 48.5 Å². The molecule has 0 N–H and O–H groups in total. The van der Waals surface area contributed by atoms with Gasteiger partial charge in [-0.15, -0.1) is 0 Å². The molecule has 2 aromatic carbocycles. The highest BCUT2D eigenvalue weighted by atomic mass is 16.5. The lowest BCUT2D eigenvalue weighted by molar-refractivity contribution is -0.134. The van der Waals surface area contributed by atoms with Crippen LogP contribution in [-0.4, -0.2) is 68.6 Å². The highest BCUT2D eigenvalue weighted by Crippen LogP contribution is 2.40. The van der Waals surface area contributed by atoms with Gasteiger partial charge < -0.3 is 24.0 Å². The lowest BCUT2D eigenvalue weighted by Crippen LogP contribution is -2.49. The van der Waals surface area contributed by atoms with E-state index in [0.29, 0.717) is 48.7 Å². The average molecular weight is 469 g/mol. The lowest BCUT2D eigenvalue weighted by atomic mass is 10.00. The quantitative estimate of drug-likeness (QED) is 0.523. The Morgan fingerprint density at radius 1 is 0.941 bits per heavy atom. The summed E-state index contributed by atoms with van der Waals surface area (Å²) in [5.41, 5.74) is 1.62. The number of carbonyl (C=O) groups excluding carboxylic acids is 2. The van der Waals surface area contributed by atoms with E-state index in [-0.39, 0.29) is 17.9 Å². The number of aryl methyl sites for hydroxylation is 1. The monoisotopic (exact) mass is 468 g/mol. The Labute approximate surface area is 202 Å². The molecule has 0 unspecified atom stereocenters. The summed E-state index contributed by atoms with van der Waals surface area (Å²) in [5.74, 6) is 1.93. The van der Waals surface area contributed by atoms with Crippen LogP contribution >= 0.6 is 0 Å². The van der Waals surface area contributed by atoms with E-state index >= 15 is 0 Å². The number of likely N-dealkylation sites (tertiary alicyclic amines) is 1. The fraction of sp³-hybridized carbons (Fsp3) is 0.481. The van der Waals surface area contributed by atoms with Crippen molar-refractivity contribution in [1.29, 1.82) is 0 Å². The molecule has 0 bridgehead atoms. The number of rotatable bonds is 10. The number of amides is 2. The smallest absolute Gasteiger partial charge is 0.253 e. The number of hydrogen-bond acceptors (Lipinski definition) is 5. The first-order valence-electron chi connectivity index (χ1n) is 12.0. The topological polar surface area (TPSA) is 68.3 Å². The zero-order valence-corrected chi connectivity index (χ0v) is 20.7. The van der Waals surface area contributed by atoms with E-state index in [4.69, 9.17) is 14.2 Å². The third kappa shape index (κ3) is 5.82. The van der Waals surface area contributed by atoms with Crippen LogP contribution in [0.5, 0.6) is 17.2 Å². The predicted octanol–water partition coefficient (Wildman–Crippen LogP) is 4.19. The summed E-state index contributed by atoms with van der Waals surface area (Å²) in [6.07, 6.45) is 3.42. The molecule has 7 heteroatoms. The van der Waals surface area contributed by atoms with Crippen molar-refractivity contribution < 1.29 is 23.8 Å². The molecule has 1 heterocycles. The summed E-state index contributed by atoms with van der Waals surface area (Å²) < 4.78 is 16.4. The minimum Gasteiger partial charge on any atom is -0.493 e. The second-order valence-electron chi connectivity index (χ2n) is 8.47. The summed E-state index contributed by atoms with van der Waals surface area (Å²) >= 11 is 0. The fourth-order valence-corrected chi connectivity index (χ4v) is 4.64. The molecule has 1 aliphatic heterocycles. The minimum absolute atomic E-state index is 0.0629. The number of methoxy groups -OCH3 is 3. The number of piperidine rings is 1. The highest BCUT2D eigenvalue weighted by molar-refractivity contribution is 5.94. The Hall–Kier alpha value is -3.22. The number of hydrogen-bond donors (Lipinski definition) is 0.